The van der Waals surface area contributed by atoms with E-state index in [2.05, 4.69) is 10.2 Å². The summed E-state index contributed by atoms with van der Waals surface area (Å²) in [7, 11) is 1.48. The van der Waals surface area contributed by atoms with Gasteiger partial charge in [0.1, 0.15) is 18.1 Å². The van der Waals surface area contributed by atoms with Gasteiger partial charge in [-0.3, -0.25) is 0 Å². The molecular formula is C13H13BF3KN2O2. The third-order valence-corrected chi connectivity index (χ3v) is 2.89. The molecule has 2 aromatic rings. The molecule has 0 spiro atoms. The summed E-state index contributed by atoms with van der Waals surface area (Å²) in [5.74, 6) is 0.736. The van der Waals surface area contributed by atoms with E-state index in [-0.39, 0.29) is 63.6 Å². The molecule has 112 valence electrons. The molecular weight excluding hydrogens is 323 g/mol. The molecule has 0 aliphatic carbocycles. The van der Waals surface area contributed by atoms with Crippen molar-refractivity contribution in [1.82, 2.24) is 10.2 Å². The second kappa shape index (κ2) is 8.30. The summed E-state index contributed by atoms with van der Waals surface area (Å²) in [4.78, 5) is 0. The molecule has 0 atom stereocenters. The Morgan fingerprint density at radius 1 is 1.09 bits per heavy atom. The van der Waals surface area contributed by atoms with Crippen LogP contribution in [-0.4, -0.2) is 24.3 Å². The van der Waals surface area contributed by atoms with Crippen molar-refractivity contribution in [3.05, 3.63) is 41.6 Å². The van der Waals surface area contributed by atoms with E-state index in [0.717, 1.165) is 6.07 Å². The van der Waals surface area contributed by atoms with Crippen LogP contribution in [0, 0.1) is 6.92 Å². The largest absolute Gasteiger partial charge is 1.00 e. The predicted octanol–water partition coefficient (Wildman–Crippen LogP) is -0.569. The van der Waals surface area contributed by atoms with Crippen molar-refractivity contribution in [3.8, 4) is 11.6 Å². The number of hydrogen-bond acceptors (Lipinski definition) is 4. The molecule has 0 N–H and O–H groups in total. The summed E-state index contributed by atoms with van der Waals surface area (Å²) in [6.45, 7) is -3.48. The van der Waals surface area contributed by atoms with Crippen LogP contribution in [0.5, 0.6) is 11.6 Å². The molecule has 2 rings (SSSR count). The van der Waals surface area contributed by atoms with Gasteiger partial charge in [0.15, 0.2) is 0 Å². The fraction of sp³-hybridized carbons (Fsp3) is 0.231. The topological polar surface area (TPSA) is 44.2 Å². The maximum Gasteiger partial charge on any atom is 1.00 e. The molecule has 0 aliphatic rings. The first-order valence-corrected chi connectivity index (χ1v) is 6.20. The summed E-state index contributed by atoms with van der Waals surface area (Å²) in [5.41, 5.74) is 0.0879. The maximum absolute atomic E-state index is 12.7. The SMILES string of the molecule is COc1ccc(COc2ccc([B-](F)(F)F)c(C)c2)nn1.[K+]. The van der Waals surface area contributed by atoms with E-state index >= 15 is 0 Å². The third kappa shape index (κ3) is 5.24. The molecule has 0 saturated carbocycles. The summed E-state index contributed by atoms with van der Waals surface area (Å²) in [5, 5.41) is 7.64. The number of benzene rings is 1. The molecule has 22 heavy (non-hydrogen) atoms. The van der Waals surface area contributed by atoms with E-state index in [4.69, 9.17) is 9.47 Å². The van der Waals surface area contributed by atoms with E-state index in [9.17, 15) is 12.9 Å². The third-order valence-electron chi connectivity index (χ3n) is 2.89. The average Bonchev–Trinajstić information content (AvgIpc) is 2.44. The van der Waals surface area contributed by atoms with Crippen molar-refractivity contribution in [2.75, 3.05) is 7.11 Å². The summed E-state index contributed by atoms with van der Waals surface area (Å²) < 4.78 is 48.4. The first-order chi connectivity index (χ1) is 9.90. The fourth-order valence-corrected chi connectivity index (χ4v) is 1.80. The number of aryl methyl sites for hydroxylation is 1. The molecule has 1 aromatic heterocycles. The van der Waals surface area contributed by atoms with Gasteiger partial charge >= 0.3 is 58.4 Å². The van der Waals surface area contributed by atoms with Crippen LogP contribution in [0.15, 0.2) is 30.3 Å². The molecule has 0 radical (unpaired) electrons. The molecule has 0 aliphatic heterocycles. The minimum atomic E-state index is -5.00. The van der Waals surface area contributed by atoms with Crippen LogP contribution in [0.2, 0.25) is 0 Å². The van der Waals surface area contributed by atoms with Gasteiger partial charge < -0.3 is 22.4 Å². The zero-order valence-electron chi connectivity index (χ0n) is 12.5. The standard InChI is InChI=1S/C13H13BF3N2O2.K/c1-9-7-11(4-5-12(9)14(15,16)17)21-8-10-3-6-13(20-2)19-18-10;/h3-7H,8H2,1-2H3;/q-1;+1. The van der Waals surface area contributed by atoms with Crippen molar-refractivity contribution >= 4 is 12.4 Å². The van der Waals surface area contributed by atoms with E-state index < -0.39 is 12.4 Å². The Kier molecular flexibility index (Phi) is 7.33. The minimum Gasteiger partial charge on any atom is -0.487 e. The number of rotatable bonds is 5. The van der Waals surface area contributed by atoms with Crippen LogP contribution < -0.4 is 66.3 Å². The van der Waals surface area contributed by atoms with Gasteiger partial charge in [-0.25, -0.2) is 0 Å². The van der Waals surface area contributed by atoms with Crippen molar-refractivity contribution in [2.24, 2.45) is 0 Å². The van der Waals surface area contributed by atoms with Gasteiger partial charge in [-0.15, -0.1) is 15.7 Å². The van der Waals surface area contributed by atoms with Gasteiger partial charge in [0.25, 0.3) is 0 Å². The molecule has 1 heterocycles. The zero-order chi connectivity index (χ0) is 15.5. The summed E-state index contributed by atoms with van der Waals surface area (Å²) in [6.07, 6.45) is 0. The van der Waals surface area contributed by atoms with Gasteiger partial charge in [-0.1, -0.05) is 11.6 Å². The number of aromatic nitrogens is 2. The van der Waals surface area contributed by atoms with Gasteiger partial charge in [0, 0.05) is 6.07 Å². The summed E-state index contributed by atoms with van der Waals surface area (Å²) >= 11 is 0. The zero-order valence-corrected chi connectivity index (χ0v) is 15.6. The smallest absolute Gasteiger partial charge is 0.487 e. The second-order valence-electron chi connectivity index (χ2n) is 4.45. The van der Waals surface area contributed by atoms with Crippen LogP contribution in [0.1, 0.15) is 11.3 Å². The monoisotopic (exact) mass is 336 g/mol. The number of nitrogens with zero attached hydrogens (tertiary/aromatic N) is 2. The van der Waals surface area contributed by atoms with Crippen LogP contribution in [0.3, 0.4) is 0 Å². The molecule has 0 amide bonds. The van der Waals surface area contributed by atoms with Crippen LogP contribution in [0.25, 0.3) is 0 Å². The van der Waals surface area contributed by atoms with Crippen molar-refractivity contribution in [2.45, 2.75) is 13.5 Å². The molecule has 4 nitrogen and oxygen atoms in total. The minimum absolute atomic E-state index is 0. The predicted molar refractivity (Wildman–Crippen MR) is 72.8 cm³/mol. The molecule has 0 bridgehead atoms. The Morgan fingerprint density at radius 2 is 1.82 bits per heavy atom. The number of methoxy groups -OCH3 is 1. The Bertz CT molecular complexity index is 624. The van der Waals surface area contributed by atoms with E-state index in [1.165, 1.54) is 26.2 Å². The quantitative estimate of drug-likeness (QED) is 0.686. The summed E-state index contributed by atoms with van der Waals surface area (Å²) in [6, 6.07) is 7.00. The van der Waals surface area contributed by atoms with Gasteiger partial charge in [0.2, 0.25) is 5.88 Å². The molecule has 0 saturated heterocycles. The second-order valence-corrected chi connectivity index (χ2v) is 4.45. The molecule has 0 unspecified atom stereocenters. The van der Waals surface area contributed by atoms with E-state index in [1.807, 2.05) is 0 Å². The first kappa shape index (κ1) is 19.4. The Balaban J connectivity index is 0.00000242. The van der Waals surface area contributed by atoms with Crippen molar-refractivity contribution < 1.29 is 73.8 Å². The van der Waals surface area contributed by atoms with Gasteiger partial charge in [0.05, 0.1) is 7.11 Å². The van der Waals surface area contributed by atoms with Crippen LogP contribution >= 0.6 is 0 Å². The van der Waals surface area contributed by atoms with Crippen LogP contribution in [-0.2, 0) is 6.61 Å². The van der Waals surface area contributed by atoms with Gasteiger partial charge in [-0.05, 0) is 25.1 Å². The Labute approximate surface area is 168 Å². The average molecular weight is 336 g/mol. The fourth-order valence-electron chi connectivity index (χ4n) is 1.80. The van der Waals surface area contributed by atoms with E-state index in [0.29, 0.717) is 17.3 Å². The number of hydrogen-bond donors (Lipinski definition) is 0. The van der Waals surface area contributed by atoms with Crippen molar-refractivity contribution in [1.29, 1.82) is 0 Å². The first-order valence-electron chi connectivity index (χ1n) is 6.20. The maximum atomic E-state index is 12.7. The Hall–Kier alpha value is -0.609. The molecule has 1 aromatic carbocycles. The number of ether oxygens (including phenoxy) is 2. The number of halogens is 3. The van der Waals surface area contributed by atoms with Gasteiger partial charge in [-0.2, -0.15) is 0 Å². The molecule has 9 heteroatoms. The normalized spacial score (nSPS) is 10.8. The van der Waals surface area contributed by atoms with E-state index in [1.54, 1.807) is 12.1 Å². The Morgan fingerprint density at radius 3 is 2.32 bits per heavy atom. The van der Waals surface area contributed by atoms with Crippen molar-refractivity contribution in [3.63, 3.8) is 0 Å². The van der Waals surface area contributed by atoms with Crippen LogP contribution in [0.4, 0.5) is 12.9 Å². The molecule has 0 fully saturated rings.